The number of fused-ring (bicyclic) bond motifs is 5. The molecule has 0 N–H and O–H groups in total. The third-order valence-electron chi connectivity index (χ3n) is 12.6. The Labute approximate surface area is 365 Å². The van der Waals surface area contributed by atoms with Gasteiger partial charge in [-0.2, -0.15) is 0 Å². The third-order valence-corrected chi connectivity index (χ3v) is 13.6. The first-order valence-corrected chi connectivity index (χ1v) is 22.8. The molecule has 0 aliphatic heterocycles. The molecule has 0 bridgehead atoms. The van der Waals surface area contributed by atoms with E-state index in [1.54, 1.807) is 0 Å². The molecule has 294 valence electrons. The minimum Gasteiger partial charge on any atom is -0.310 e. The minimum atomic E-state index is 0.0729. The van der Waals surface area contributed by atoms with Gasteiger partial charge >= 0.3 is 0 Å². The molecule has 0 amide bonds. The summed E-state index contributed by atoms with van der Waals surface area (Å²) in [6.45, 7) is 6.85. The highest BCUT2D eigenvalue weighted by Gasteiger charge is 2.23. The van der Waals surface area contributed by atoms with Crippen LogP contribution in [0.25, 0.3) is 27.5 Å². The van der Waals surface area contributed by atoms with Crippen molar-refractivity contribution in [1.82, 2.24) is 4.57 Å². The molecule has 0 atom stereocenters. The number of aryl methyl sites for hydroxylation is 4. The normalized spacial score (nSPS) is 14.0. The maximum absolute atomic E-state index is 3.70. The van der Waals surface area contributed by atoms with Gasteiger partial charge in [-0.15, -0.1) is 0 Å². The summed E-state index contributed by atoms with van der Waals surface area (Å²) < 4.78 is 4.60. The molecule has 0 fully saturated rings. The summed E-state index contributed by atoms with van der Waals surface area (Å²) in [6.07, 6.45) is 9.66. The van der Waals surface area contributed by atoms with Crippen molar-refractivity contribution in [3.05, 3.63) is 182 Å². The zero-order valence-electron chi connectivity index (χ0n) is 34.1. The van der Waals surface area contributed by atoms with Gasteiger partial charge in [0.1, 0.15) is 0 Å². The van der Waals surface area contributed by atoms with E-state index in [2.05, 4.69) is 213 Å². The van der Waals surface area contributed by atoms with Crippen molar-refractivity contribution in [1.29, 1.82) is 0 Å². The van der Waals surface area contributed by atoms with Crippen LogP contribution in [0.15, 0.2) is 155 Å². The highest BCUT2D eigenvalue weighted by molar-refractivity contribution is 9.10. The molecule has 0 spiro atoms. The van der Waals surface area contributed by atoms with E-state index in [1.165, 1.54) is 99.5 Å². The summed E-state index contributed by atoms with van der Waals surface area (Å²) in [4.78, 5) is 4.88. The molecule has 1 aromatic heterocycles. The first-order valence-electron chi connectivity index (χ1n) is 21.2. The molecule has 5 heteroatoms. The molecule has 0 unspecified atom stereocenters. The molecule has 0 radical (unpaired) electrons. The van der Waals surface area contributed by atoms with Gasteiger partial charge in [-0.1, -0.05) is 76.9 Å². The molecular weight excluding hydrogens is 850 g/mol. The Kier molecular flexibility index (Phi) is 10.0. The first kappa shape index (κ1) is 38.1. The van der Waals surface area contributed by atoms with Gasteiger partial charge in [0.15, 0.2) is 0 Å². The fourth-order valence-electron chi connectivity index (χ4n) is 9.46. The van der Waals surface area contributed by atoms with E-state index in [1.807, 2.05) is 0 Å². The van der Waals surface area contributed by atoms with Gasteiger partial charge in [0.25, 0.3) is 0 Å². The molecule has 7 aromatic carbocycles. The fraction of sp³-hybridized carbons (Fsp3) is 0.222. The Morgan fingerprint density at radius 2 is 0.780 bits per heavy atom. The van der Waals surface area contributed by atoms with Crippen LogP contribution in [0.2, 0.25) is 0 Å². The number of hydrogen-bond acceptors (Lipinski definition) is 2. The molecule has 3 nitrogen and oxygen atoms in total. The van der Waals surface area contributed by atoms with Crippen LogP contribution in [0.3, 0.4) is 0 Å². The van der Waals surface area contributed by atoms with E-state index in [4.69, 9.17) is 0 Å². The maximum atomic E-state index is 3.70. The smallest absolute Gasteiger partial charge is 0.0542 e. The fourth-order valence-corrected chi connectivity index (χ4v) is 9.99. The summed E-state index contributed by atoms with van der Waals surface area (Å²) in [7, 11) is 0. The highest BCUT2D eigenvalue weighted by atomic mass is 79.9. The molecule has 2 aliphatic rings. The standard InChI is InChI=1S/C54H49Br2N3/c1-54(2,3)40-14-22-45(23-15-40)59-52-30-28-48(57(43-24-16-41(55)17-25-43)46-20-12-36-8-4-6-10-38(36)32-46)34-50(52)51-35-49(29-31-53(51)59)58(44-26-18-42(56)19-27-44)47-21-13-37-9-5-7-11-39(37)33-47/h12-35H,4-11H2,1-3H3. The average molecular weight is 900 g/mol. The number of aromatic nitrogens is 1. The lowest BCUT2D eigenvalue weighted by Crippen LogP contribution is -2.12. The Bertz CT molecular complexity index is 2660. The van der Waals surface area contributed by atoms with Crippen LogP contribution in [0, 0.1) is 0 Å². The van der Waals surface area contributed by atoms with Crippen molar-refractivity contribution >= 4 is 87.8 Å². The van der Waals surface area contributed by atoms with Crippen molar-refractivity contribution in [2.75, 3.05) is 9.80 Å². The molecule has 0 saturated carbocycles. The van der Waals surface area contributed by atoms with Gasteiger partial charge in [0, 0.05) is 59.5 Å². The van der Waals surface area contributed by atoms with Crippen molar-refractivity contribution in [3.63, 3.8) is 0 Å². The summed E-state index contributed by atoms with van der Waals surface area (Å²) in [5, 5.41) is 2.45. The maximum Gasteiger partial charge on any atom is 0.0542 e. The number of halogens is 2. The van der Waals surface area contributed by atoms with Gasteiger partial charge in [0.05, 0.1) is 11.0 Å². The number of benzene rings is 7. The summed E-state index contributed by atoms with van der Waals surface area (Å²) >= 11 is 7.40. The van der Waals surface area contributed by atoms with E-state index in [0.29, 0.717) is 0 Å². The Morgan fingerprint density at radius 3 is 1.20 bits per heavy atom. The molecule has 0 saturated heterocycles. The topological polar surface area (TPSA) is 11.4 Å². The second-order valence-electron chi connectivity index (χ2n) is 17.5. The second kappa shape index (κ2) is 15.5. The summed E-state index contributed by atoms with van der Waals surface area (Å²) in [6, 6.07) is 55.1. The van der Waals surface area contributed by atoms with E-state index < -0.39 is 0 Å². The second-order valence-corrected chi connectivity index (χ2v) is 19.3. The van der Waals surface area contributed by atoms with E-state index in [0.717, 1.165) is 50.2 Å². The lowest BCUT2D eigenvalue weighted by atomic mass is 9.87. The van der Waals surface area contributed by atoms with E-state index in [9.17, 15) is 0 Å². The lowest BCUT2D eigenvalue weighted by molar-refractivity contribution is 0.590. The zero-order valence-corrected chi connectivity index (χ0v) is 37.3. The van der Waals surface area contributed by atoms with E-state index in [-0.39, 0.29) is 5.41 Å². The molecule has 59 heavy (non-hydrogen) atoms. The van der Waals surface area contributed by atoms with Crippen LogP contribution in [0.5, 0.6) is 0 Å². The Balaban J connectivity index is 1.20. The Hall–Kier alpha value is -5.10. The molecule has 10 rings (SSSR count). The predicted octanol–water partition coefficient (Wildman–Crippen LogP) is 16.3. The molecular formula is C54H49Br2N3. The predicted molar refractivity (Wildman–Crippen MR) is 258 cm³/mol. The quantitative estimate of drug-likeness (QED) is 0.158. The molecule has 8 aromatic rings. The minimum absolute atomic E-state index is 0.0729. The first-order chi connectivity index (χ1) is 28.7. The van der Waals surface area contributed by atoms with Crippen LogP contribution in [0.1, 0.15) is 74.3 Å². The molecule has 1 heterocycles. The van der Waals surface area contributed by atoms with Crippen LogP contribution in [0.4, 0.5) is 34.1 Å². The SMILES string of the molecule is CC(C)(C)c1ccc(-n2c3ccc(N(c4ccc(Br)cc4)c4ccc5c(c4)CCCC5)cc3c3cc(N(c4ccc(Br)cc4)c4ccc5c(c4)CCCC5)ccc32)cc1. The van der Waals surface area contributed by atoms with Crippen molar-refractivity contribution < 1.29 is 0 Å². The summed E-state index contributed by atoms with van der Waals surface area (Å²) in [5.41, 5.74) is 17.8. The number of hydrogen-bond donors (Lipinski definition) is 0. The number of anilines is 6. The average Bonchev–Trinajstić information content (AvgIpc) is 3.58. The van der Waals surface area contributed by atoms with Crippen LogP contribution in [-0.4, -0.2) is 4.57 Å². The molecule has 2 aliphatic carbocycles. The number of rotatable bonds is 7. The zero-order chi connectivity index (χ0) is 40.3. The van der Waals surface area contributed by atoms with Crippen LogP contribution >= 0.6 is 31.9 Å². The van der Waals surface area contributed by atoms with E-state index >= 15 is 0 Å². The monoisotopic (exact) mass is 897 g/mol. The van der Waals surface area contributed by atoms with Gasteiger partial charge in [-0.25, -0.2) is 0 Å². The van der Waals surface area contributed by atoms with Gasteiger partial charge < -0.3 is 14.4 Å². The van der Waals surface area contributed by atoms with Crippen molar-refractivity contribution in [2.24, 2.45) is 0 Å². The van der Waals surface area contributed by atoms with Crippen molar-refractivity contribution in [3.8, 4) is 5.69 Å². The van der Waals surface area contributed by atoms with Gasteiger partial charge in [-0.3, -0.25) is 0 Å². The van der Waals surface area contributed by atoms with Gasteiger partial charge in [-0.05, 0) is 206 Å². The van der Waals surface area contributed by atoms with Crippen LogP contribution in [-0.2, 0) is 31.1 Å². The van der Waals surface area contributed by atoms with Crippen LogP contribution < -0.4 is 9.80 Å². The summed E-state index contributed by atoms with van der Waals surface area (Å²) in [5.74, 6) is 0. The third kappa shape index (κ3) is 7.31. The highest BCUT2D eigenvalue weighted by Crippen LogP contribution is 2.44. The largest absolute Gasteiger partial charge is 0.310 e. The Morgan fingerprint density at radius 1 is 0.407 bits per heavy atom. The lowest BCUT2D eigenvalue weighted by Gasteiger charge is -2.28. The van der Waals surface area contributed by atoms with Gasteiger partial charge in [0.2, 0.25) is 0 Å². The van der Waals surface area contributed by atoms with Crippen molar-refractivity contribution in [2.45, 2.75) is 77.6 Å². The number of nitrogens with zero attached hydrogens (tertiary/aromatic N) is 3.